The van der Waals surface area contributed by atoms with E-state index in [9.17, 15) is 23.1 Å². The summed E-state index contributed by atoms with van der Waals surface area (Å²) in [5, 5.41) is 9.19. The smallest absolute Gasteiger partial charge is 0.308 e. The third-order valence-corrected chi connectivity index (χ3v) is 7.01. The molecule has 0 spiro atoms. The Morgan fingerprint density at radius 1 is 1.27 bits per heavy atom. The Labute approximate surface area is 154 Å². The number of sulfonamides is 1. The lowest BCUT2D eigenvalue weighted by molar-refractivity contribution is -0.143. The molecule has 1 fully saturated rings. The van der Waals surface area contributed by atoms with Gasteiger partial charge < -0.3 is 10.0 Å². The van der Waals surface area contributed by atoms with E-state index < -0.39 is 21.9 Å². The van der Waals surface area contributed by atoms with Gasteiger partial charge in [0.25, 0.3) is 5.91 Å². The summed E-state index contributed by atoms with van der Waals surface area (Å²) in [6.07, 6.45) is 1.17. The number of rotatable bonds is 6. The lowest BCUT2D eigenvalue weighted by atomic mass is 9.97. The summed E-state index contributed by atoms with van der Waals surface area (Å²) in [5.74, 6) is -1.81. The average molecular weight is 382 g/mol. The second-order valence-corrected chi connectivity index (χ2v) is 8.40. The summed E-state index contributed by atoms with van der Waals surface area (Å²) in [5.41, 5.74) is 0.850. The highest BCUT2D eigenvalue weighted by atomic mass is 32.2. The van der Waals surface area contributed by atoms with E-state index in [0.29, 0.717) is 38.0 Å². The molecule has 0 aromatic heterocycles. The molecule has 144 valence electrons. The van der Waals surface area contributed by atoms with Crippen LogP contribution in [0.4, 0.5) is 0 Å². The Morgan fingerprint density at radius 2 is 1.92 bits per heavy atom. The van der Waals surface area contributed by atoms with Crippen molar-refractivity contribution in [1.29, 1.82) is 0 Å². The lowest BCUT2D eigenvalue weighted by Gasteiger charge is -2.31. The molecule has 1 aliphatic rings. The number of carbonyl (C=O) groups is 2. The van der Waals surface area contributed by atoms with E-state index in [-0.39, 0.29) is 22.9 Å². The molecule has 0 radical (unpaired) electrons. The van der Waals surface area contributed by atoms with Gasteiger partial charge in [-0.05, 0) is 37.5 Å². The van der Waals surface area contributed by atoms with Gasteiger partial charge >= 0.3 is 5.97 Å². The molecule has 1 unspecified atom stereocenters. The maximum Gasteiger partial charge on any atom is 0.308 e. The molecular formula is C18H26N2O5S. The maximum absolute atomic E-state index is 12.8. The lowest BCUT2D eigenvalue weighted by Crippen LogP contribution is -2.42. The van der Waals surface area contributed by atoms with Gasteiger partial charge in [-0.25, -0.2) is 8.42 Å². The monoisotopic (exact) mass is 382 g/mol. The van der Waals surface area contributed by atoms with E-state index in [1.165, 1.54) is 15.3 Å². The van der Waals surface area contributed by atoms with Crippen molar-refractivity contribution in [3.63, 3.8) is 0 Å². The molecule has 7 nitrogen and oxygen atoms in total. The largest absolute Gasteiger partial charge is 0.481 e. The number of nitrogens with zero attached hydrogens (tertiary/aromatic N) is 2. The fourth-order valence-corrected chi connectivity index (χ4v) is 4.97. The Balaban J connectivity index is 2.34. The minimum absolute atomic E-state index is 0.124. The van der Waals surface area contributed by atoms with Crippen LogP contribution in [0, 0.1) is 12.8 Å². The van der Waals surface area contributed by atoms with E-state index >= 15 is 0 Å². The van der Waals surface area contributed by atoms with Gasteiger partial charge in [0.05, 0.1) is 10.8 Å². The van der Waals surface area contributed by atoms with Crippen LogP contribution in [-0.4, -0.2) is 60.8 Å². The summed E-state index contributed by atoms with van der Waals surface area (Å²) < 4.78 is 27.0. The molecule has 8 heteroatoms. The maximum atomic E-state index is 12.8. The Hall–Kier alpha value is -1.93. The summed E-state index contributed by atoms with van der Waals surface area (Å²) in [6, 6.07) is 4.64. The standard InChI is InChI=1S/C18H26N2O5S/c1-4-20(5-2)26(24,25)16-11-14(9-8-13(16)3)17(21)19-10-6-7-15(12-19)18(22)23/h8-9,11,15H,4-7,10,12H2,1-3H3,(H,22,23). The van der Waals surface area contributed by atoms with Crippen LogP contribution in [0.5, 0.6) is 0 Å². The minimum Gasteiger partial charge on any atom is -0.481 e. The molecule has 0 bridgehead atoms. The Kier molecular flexibility index (Phi) is 6.41. The van der Waals surface area contributed by atoms with Crippen LogP contribution in [0.25, 0.3) is 0 Å². The van der Waals surface area contributed by atoms with Crippen molar-refractivity contribution in [1.82, 2.24) is 9.21 Å². The van der Waals surface area contributed by atoms with Crippen molar-refractivity contribution in [2.45, 2.75) is 38.5 Å². The quantitative estimate of drug-likeness (QED) is 0.811. The fraction of sp³-hybridized carbons (Fsp3) is 0.556. The van der Waals surface area contributed by atoms with Crippen molar-refractivity contribution in [3.8, 4) is 0 Å². The molecule has 26 heavy (non-hydrogen) atoms. The van der Waals surface area contributed by atoms with Crippen LogP contribution >= 0.6 is 0 Å². The molecule has 1 N–H and O–H groups in total. The van der Waals surface area contributed by atoms with Crippen molar-refractivity contribution in [3.05, 3.63) is 29.3 Å². The van der Waals surface area contributed by atoms with Crippen molar-refractivity contribution in [2.24, 2.45) is 5.92 Å². The van der Waals surface area contributed by atoms with Crippen molar-refractivity contribution < 1.29 is 23.1 Å². The molecule has 2 rings (SSSR count). The van der Waals surface area contributed by atoms with Crippen LogP contribution in [-0.2, 0) is 14.8 Å². The first kappa shape index (κ1) is 20.4. The van der Waals surface area contributed by atoms with Gasteiger partial charge in [-0.2, -0.15) is 4.31 Å². The molecule has 0 saturated carbocycles. The minimum atomic E-state index is -3.67. The molecule has 1 amide bonds. The van der Waals surface area contributed by atoms with Gasteiger partial charge in [0.15, 0.2) is 0 Å². The molecule has 1 aliphatic heterocycles. The van der Waals surface area contributed by atoms with Gasteiger partial charge in [0.1, 0.15) is 0 Å². The normalized spacial score (nSPS) is 18.2. The number of aryl methyl sites for hydroxylation is 1. The number of hydrogen-bond acceptors (Lipinski definition) is 4. The molecule has 1 heterocycles. The first-order valence-corrected chi connectivity index (χ1v) is 10.3. The second kappa shape index (κ2) is 8.18. The molecule has 1 aromatic rings. The number of benzene rings is 1. The third-order valence-electron chi connectivity index (χ3n) is 4.82. The zero-order valence-electron chi connectivity index (χ0n) is 15.4. The Morgan fingerprint density at radius 3 is 2.50 bits per heavy atom. The molecule has 1 saturated heterocycles. The summed E-state index contributed by atoms with van der Waals surface area (Å²) in [7, 11) is -3.67. The third kappa shape index (κ3) is 4.07. The Bertz CT molecular complexity index is 787. The fourth-order valence-electron chi connectivity index (χ4n) is 3.26. The number of piperidine rings is 1. The van der Waals surface area contributed by atoms with Crippen LogP contribution in [0.3, 0.4) is 0 Å². The highest BCUT2D eigenvalue weighted by molar-refractivity contribution is 7.89. The van der Waals surface area contributed by atoms with Crippen LogP contribution in [0.15, 0.2) is 23.1 Å². The van der Waals surface area contributed by atoms with E-state index in [1.807, 2.05) is 0 Å². The SMILES string of the molecule is CCN(CC)S(=O)(=O)c1cc(C(=O)N2CCCC(C(=O)O)C2)ccc1C. The van der Waals surface area contributed by atoms with Crippen molar-refractivity contribution >= 4 is 21.9 Å². The number of carboxylic acid groups (broad SMARTS) is 1. The summed E-state index contributed by atoms with van der Waals surface area (Å²) in [6.45, 7) is 6.57. The van der Waals surface area contributed by atoms with Gasteiger partial charge in [-0.15, -0.1) is 0 Å². The summed E-state index contributed by atoms with van der Waals surface area (Å²) in [4.78, 5) is 25.6. The van der Waals surface area contributed by atoms with E-state index in [4.69, 9.17) is 0 Å². The first-order valence-electron chi connectivity index (χ1n) is 8.85. The van der Waals surface area contributed by atoms with Gasteiger partial charge in [0.2, 0.25) is 10.0 Å². The van der Waals surface area contributed by atoms with Gasteiger partial charge in [-0.3, -0.25) is 9.59 Å². The molecule has 1 atom stereocenters. The molecule has 1 aromatic carbocycles. The van der Waals surface area contributed by atoms with Crippen LogP contribution in [0.1, 0.15) is 42.6 Å². The topological polar surface area (TPSA) is 95.0 Å². The number of likely N-dealkylation sites (tertiary alicyclic amines) is 1. The number of amides is 1. The highest BCUT2D eigenvalue weighted by Crippen LogP contribution is 2.24. The average Bonchev–Trinajstić information content (AvgIpc) is 2.62. The van der Waals surface area contributed by atoms with E-state index in [2.05, 4.69) is 0 Å². The second-order valence-electron chi connectivity index (χ2n) is 6.50. The van der Waals surface area contributed by atoms with E-state index in [0.717, 1.165) is 0 Å². The van der Waals surface area contributed by atoms with Crippen LogP contribution < -0.4 is 0 Å². The summed E-state index contributed by atoms with van der Waals surface area (Å²) >= 11 is 0. The number of carboxylic acids is 1. The molecule has 0 aliphatic carbocycles. The van der Waals surface area contributed by atoms with Gasteiger partial charge in [-0.1, -0.05) is 19.9 Å². The predicted octanol–water partition coefficient (Wildman–Crippen LogP) is 1.96. The zero-order valence-corrected chi connectivity index (χ0v) is 16.3. The molecular weight excluding hydrogens is 356 g/mol. The highest BCUT2D eigenvalue weighted by Gasteiger charge is 2.30. The van der Waals surface area contributed by atoms with E-state index in [1.54, 1.807) is 32.9 Å². The number of aliphatic carboxylic acids is 1. The predicted molar refractivity (Wildman–Crippen MR) is 97.5 cm³/mol. The van der Waals surface area contributed by atoms with Crippen LogP contribution in [0.2, 0.25) is 0 Å². The van der Waals surface area contributed by atoms with Crippen molar-refractivity contribution in [2.75, 3.05) is 26.2 Å². The number of carbonyl (C=O) groups excluding carboxylic acids is 1. The zero-order chi connectivity index (χ0) is 19.5. The number of hydrogen-bond donors (Lipinski definition) is 1. The van der Waals surface area contributed by atoms with Gasteiger partial charge in [0, 0.05) is 31.7 Å². The first-order chi connectivity index (χ1) is 12.2.